The molecule has 1 aliphatic heterocycles. The van der Waals surface area contributed by atoms with Crippen LogP contribution in [0.3, 0.4) is 0 Å². The predicted molar refractivity (Wildman–Crippen MR) is 135 cm³/mol. The van der Waals surface area contributed by atoms with Crippen LogP contribution in [0.1, 0.15) is 51.5 Å². The summed E-state index contributed by atoms with van der Waals surface area (Å²) in [6.45, 7) is 5.40. The lowest BCUT2D eigenvalue weighted by molar-refractivity contribution is 0.335. The molecule has 2 N–H and O–H groups in total. The number of benzene rings is 1. The van der Waals surface area contributed by atoms with E-state index in [-0.39, 0.29) is 0 Å². The van der Waals surface area contributed by atoms with E-state index in [0.717, 1.165) is 55.3 Å². The van der Waals surface area contributed by atoms with Crippen LogP contribution in [0.2, 0.25) is 0 Å². The second-order valence-electron chi connectivity index (χ2n) is 9.57. The van der Waals surface area contributed by atoms with Gasteiger partial charge in [0.15, 0.2) is 0 Å². The molecule has 0 saturated heterocycles. The first-order chi connectivity index (χ1) is 16.2. The highest BCUT2D eigenvalue weighted by atomic mass is 15.2. The largest absolute Gasteiger partial charge is 0.351 e. The van der Waals surface area contributed by atoms with Gasteiger partial charge in [0.1, 0.15) is 5.82 Å². The van der Waals surface area contributed by atoms with Crippen molar-refractivity contribution < 1.29 is 0 Å². The molecule has 2 aliphatic rings. The summed E-state index contributed by atoms with van der Waals surface area (Å²) >= 11 is 0. The van der Waals surface area contributed by atoms with Crippen LogP contribution in [0.15, 0.2) is 54.9 Å². The minimum absolute atomic E-state index is 0.438. The zero-order valence-electron chi connectivity index (χ0n) is 19.7. The first kappa shape index (κ1) is 21.8. The van der Waals surface area contributed by atoms with E-state index in [1.165, 1.54) is 24.1 Å². The molecule has 1 saturated carbocycles. The highest BCUT2D eigenvalue weighted by Gasteiger charge is 2.24. The maximum Gasteiger partial charge on any atom is 0.224 e. The third-order valence-corrected chi connectivity index (χ3v) is 6.70. The monoisotopic (exact) mass is 442 g/mol. The Bertz CT molecular complexity index is 1060. The Balaban J connectivity index is 1.33. The lowest BCUT2D eigenvalue weighted by Crippen LogP contribution is -2.40. The number of pyridine rings is 1. The lowest BCUT2D eigenvalue weighted by Gasteiger charge is -2.32. The molecule has 5 rings (SSSR count). The summed E-state index contributed by atoms with van der Waals surface area (Å²) in [4.78, 5) is 16.5. The fraction of sp³-hybridized carbons (Fsp3) is 0.444. The molecule has 3 aromatic rings. The Kier molecular flexibility index (Phi) is 6.53. The average Bonchev–Trinajstić information content (AvgIpc) is 2.85. The highest BCUT2D eigenvalue weighted by Crippen LogP contribution is 2.35. The molecule has 0 amide bonds. The van der Waals surface area contributed by atoms with Gasteiger partial charge in [-0.05, 0) is 56.2 Å². The normalized spacial score (nSPS) is 20.5. The van der Waals surface area contributed by atoms with Crippen LogP contribution >= 0.6 is 0 Å². The molecular weight excluding hydrogens is 408 g/mol. The summed E-state index contributed by atoms with van der Waals surface area (Å²) in [5.41, 5.74) is 4.63. The van der Waals surface area contributed by atoms with Gasteiger partial charge in [0.05, 0.1) is 5.69 Å². The van der Waals surface area contributed by atoms with Gasteiger partial charge < -0.3 is 15.5 Å². The number of aryl methyl sites for hydroxylation is 1. The van der Waals surface area contributed by atoms with Crippen molar-refractivity contribution in [3.63, 3.8) is 0 Å². The Hall–Kier alpha value is -2.99. The summed E-state index contributed by atoms with van der Waals surface area (Å²) in [6.07, 6.45) is 10.8. The highest BCUT2D eigenvalue weighted by molar-refractivity contribution is 5.72. The van der Waals surface area contributed by atoms with Gasteiger partial charge in [0.2, 0.25) is 5.95 Å². The summed E-state index contributed by atoms with van der Waals surface area (Å²) in [6, 6.07) is 16.2. The van der Waals surface area contributed by atoms with E-state index in [4.69, 9.17) is 9.97 Å². The van der Waals surface area contributed by atoms with Crippen LogP contribution in [0.5, 0.6) is 0 Å². The van der Waals surface area contributed by atoms with Crippen molar-refractivity contribution in [2.75, 3.05) is 16.8 Å². The second-order valence-corrected chi connectivity index (χ2v) is 9.57. The molecule has 0 unspecified atom stereocenters. The van der Waals surface area contributed by atoms with Gasteiger partial charge in [-0.25, -0.2) is 4.98 Å². The molecule has 1 aromatic carbocycles. The van der Waals surface area contributed by atoms with Gasteiger partial charge in [0, 0.05) is 48.3 Å². The van der Waals surface area contributed by atoms with Gasteiger partial charge >= 0.3 is 0 Å². The van der Waals surface area contributed by atoms with Crippen molar-refractivity contribution in [3.8, 4) is 11.3 Å². The van der Waals surface area contributed by atoms with Crippen LogP contribution in [-0.2, 0) is 6.42 Å². The molecule has 1 fully saturated rings. The molecule has 172 valence electrons. The molecule has 6 nitrogen and oxygen atoms in total. The molecule has 0 radical (unpaired) electrons. The van der Waals surface area contributed by atoms with Gasteiger partial charge in [-0.3, -0.25) is 4.98 Å². The summed E-state index contributed by atoms with van der Waals surface area (Å²) in [7, 11) is 0. The number of nitrogens with one attached hydrogen (secondary N) is 2. The van der Waals surface area contributed by atoms with Gasteiger partial charge in [0.25, 0.3) is 0 Å². The van der Waals surface area contributed by atoms with E-state index < -0.39 is 0 Å². The molecule has 33 heavy (non-hydrogen) atoms. The molecule has 1 aliphatic carbocycles. The van der Waals surface area contributed by atoms with Crippen molar-refractivity contribution in [1.82, 2.24) is 20.3 Å². The molecule has 2 aromatic heterocycles. The zero-order valence-corrected chi connectivity index (χ0v) is 19.7. The summed E-state index contributed by atoms with van der Waals surface area (Å²) in [5, 5.41) is 7.28. The van der Waals surface area contributed by atoms with Crippen LogP contribution in [0.4, 0.5) is 17.5 Å². The number of rotatable bonds is 6. The van der Waals surface area contributed by atoms with E-state index in [1.54, 1.807) is 0 Å². The first-order valence-corrected chi connectivity index (χ1v) is 12.3. The van der Waals surface area contributed by atoms with Crippen LogP contribution < -0.4 is 15.5 Å². The fourth-order valence-electron chi connectivity index (χ4n) is 5.10. The molecule has 0 bridgehead atoms. The molecule has 6 heteroatoms. The first-order valence-electron chi connectivity index (χ1n) is 12.3. The number of anilines is 3. The topological polar surface area (TPSA) is 66.0 Å². The van der Waals surface area contributed by atoms with E-state index in [0.29, 0.717) is 18.1 Å². The Morgan fingerprint density at radius 3 is 2.55 bits per heavy atom. The Morgan fingerprint density at radius 1 is 0.970 bits per heavy atom. The number of fused-ring (bicyclic) bond motifs is 1. The van der Waals surface area contributed by atoms with Crippen molar-refractivity contribution >= 4 is 17.5 Å². The minimum atomic E-state index is 0.438. The fourth-order valence-corrected chi connectivity index (χ4v) is 5.10. The minimum Gasteiger partial charge on any atom is -0.351 e. The van der Waals surface area contributed by atoms with Gasteiger partial charge in [-0.1, -0.05) is 44.2 Å². The molecule has 3 heterocycles. The number of aromatic nitrogens is 3. The Labute approximate surface area is 196 Å². The quantitative estimate of drug-likeness (QED) is 0.537. The predicted octanol–water partition coefficient (Wildman–Crippen LogP) is 5.34. The van der Waals surface area contributed by atoms with Gasteiger partial charge in [-0.2, -0.15) is 4.98 Å². The van der Waals surface area contributed by atoms with E-state index in [2.05, 4.69) is 64.7 Å². The number of hydrogen-bond donors (Lipinski definition) is 2. The van der Waals surface area contributed by atoms with E-state index >= 15 is 0 Å². The third-order valence-electron chi connectivity index (χ3n) is 6.70. The maximum absolute atomic E-state index is 4.93. The van der Waals surface area contributed by atoms with Crippen LogP contribution in [0.25, 0.3) is 11.3 Å². The number of nitrogens with zero attached hydrogens (tertiary/aromatic N) is 4. The molecule has 0 spiro atoms. The zero-order chi connectivity index (χ0) is 22.6. The second kappa shape index (κ2) is 9.87. The molecule has 0 atom stereocenters. The van der Waals surface area contributed by atoms with Crippen LogP contribution in [0, 0.1) is 0 Å². The van der Waals surface area contributed by atoms with Crippen molar-refractivity contribution in [2.24, 2.45) is 0 Å². The number of hydrogen-bond acceptors (Lipinski definition) is 6. The standard InChI is InChI=1S/C27H34N6/c1-19(2)30-22-10-12-23(13-11-22)31-27-28-15-14-26(32-27)33-16-6-9-21-18-29-24(17-25(21)33)20-7-4-3-5-8-20/h3-5,7-8,14-15,17-19,22-23,30H,6,9-13,16H2,1-2H3,(H,28,31,32). The smallest absolute Gasteiger partial charge is 0.224 e. The third kappa shape index (κ3) is 5.17. The van der Waals surface area contributed by atoms with Gasteiger partial charge in [-0.15, -0.1) is 0 Å². The average molecular weight is 443 g/mol. The van der Waals surface area contributed by atoms with E-state index in [9.17, 15) is 0 Å². The summed E-state index contributed by atoms with van der Waals surface area (Å²) in [5.74, 6) is 1.69. The lowest BCUT2D eigenvalue weighted by atomic mass is 9.91. The van der Waals surface area contributed by atoms with Crippen molar-refractivity contribution in [3.05, 3.63) is 60.4 Å². The van der Waals surface area contributed by atoms with Crippen molar-refractivity contribution in [1.29, 1.82) is 0 Å². The maximum atomic E-state index is 4.93. The Morgan fingerprint density at radius 2 is 1.76 bits per heavy atom. The van der Waals surface area contributed by atoms with Crippen molar-refractivity contribution in [2.45, 2.75) is 70.5 Å². The van der Waals surface area contributed by atoms with Crippen LogP contribution in [-0.4, -0.2) is 39.6 Å². The summed E-state index contributed by atoms with van der Waals surface area (Å²) < 4.78 is 0. The van der Waals surface area contributed by atoms with E-state index in [1.807, 2.05) is 24.5 Å². The SMILES string of the molecule is CC(C)NC1CCC(Nc2nccc(N3CCCc4cnc(-c5ccccc5)cc43)n2)CC1. The molecular formula is C27H34N6.